The van der Waals surface area contributed by atoms with Gasteiger partial charge in [0.2, 0.25) is 46.5 Å². The molecule has 1 saturated carbocycles. The van der Waals surface area contributed by atoms with Crippen LogP contribution in [-0.2, 0) is 50.3 Å². The van der Waals surface area contributed by atoms with E-state index in [9.17, 15) is 87.7 Å². The number of nitrogens with zero attached hydrogens (tertiary/aromatic N) is 8. The summed E-state index contributed by atoms with van der Waals surface area (Å²) in [5.74, 6) is -8.63. The molecule has 34 nitrogen and oxygen atoms in total. The van der Waals surface area contributed by atoms with E-state index in [1.807, 2.05) is 0 Å². The molecule has 2 aromatic heterocycles. The van der Waals surface area contributed by atoms with E-state index in [2.05, 4.69) is 66.0 Å². The summed E-state index contributed by atoms with van der Waals surface area (Å²) in [7, 11) is -5.23. The maximum atomic E-state index is 15.0. The first-order valence-electron chi connectivity index (χ1n) is 33.1. The number of aliphatic hydroxyl groups is 8. The third-order valence-electron chi connectivity index (χ3n) is 18.9. The molecule has 5 saturated heterocycles. The van der Waals surface area contributed by atoms with Gasteiger partial charge in [-0.1, -0.05) is 43.6 Å². The van der Waals surface area contributed by atoms with Gasteiger partial charge >= 0.3 is 10.4 Å². The number of aliphatic hydroxyl groups excluding tert-OH is 8. The zero-order valence-electron chi connectivity index (χ0n) is 54.1. The number of hydrogen-bond acceptors (Lipinski definition) is 28. The molecular weight excluding hydrogens is 1310 g/mol. The Balaban J connectivity index is 0.925. The van der Waals surface area contributed by atoms with Crippen molar-refractivity contribution in [1.29, 1.82) is 0 Å². The third kappa shape index (κ3) is 19.6. The van der Waals surface area contributed by atoms with Crippen molar-refractivity contribution in [3.05, 3.63) is 36.2 Å². The number of anilines is 2. The number of benzene rings is 1. The fourth-order valence-corrected chi connectivity index (χ4v) is 14.6. The summed E-state index contributed by atoms with van der Waals surface area (Å²) in [5, 5.41) is 125. The van der Waals surface area contributed by atoms with Gasteiger partial charge in [-0.25, -0.2) is 9.97 Å². The maximum absolute atomic E-state index is 15.0. The number of rotatable bonds is 21. The van der Waals surface area contributed by atoms with Gasteiger partial charge in [0, 0.05) is 82.5 Å². The molecule has 36 heteroatoms. The second-order valence-corrected chi connectivity index (χ2v) is 28.2. The minimum atomic E-state index is -5.23. The van der Waals surface area contributed by atoms with E-state index in [-0.39, 0.29) is 37.2 Å². The molecule has 7 heterocycles. The number of aromatic nitrogens is 4. The van der Waals surface area contributed by atoms with E-state index in [0.717, 1.165) is 72.3 Å². The molecule has 9 rings (SSSR count). The Morgan fingerprint density at radius 3 is 2.06 bits per heavy atom. The summed E-state index contributed by atoms with van der Waals surface area (Å²) < 4.78 is 43.5. The number of carbonyl (C=O) groups excluding carboxylic acids is 6. The molecule has 0 unspecified atom stereocenters. The monoisotopic (exact) mass is 1400 g/mol. The van der Waals surface area contributed by atoms with Crippen LogP contribution in [0.25, 0.3) is 10.6 Å². The van der Waals surface area contributed by atoms with Gasteiger partial charge in [0.15, 0.2) is 16.5 Å². The zero-order valence-corrected chi connectivity index (χ0v) is 55.8. The summed E-state index contributed by atoms with van der Waals surface area (Å²) in [6.45, 7) is 2.81. The lowest BCUT2D eigenvalue weighted by Gasteiger charge is -2.34. The van der Waals surface area contributed by atoms with Crippen molar-refractivity contribution in [3.8, 4) is 22.1 Å². The van der Waals surface area contributed by atoms with Crippen LogP contribution in [0.3, 0.4) is 0 Å². The fraction of sp³-hybridized carbons (Fsp3) is 0.705. The molecule has 3 aromatic rings. The van der Waals surface area contributed by atoms with Gasteiger partial charge in [-0.3, -0.25) is 33.3 Å². The maximum Gasteiger partial charge on any atom is 0.446 e. The average Bonchev–Trinajstić information content (AvgIpc) is 1.69. The van der Waals surface area contributed by atoms with Crippen LogP contribution in [0.15, 0.2) is 30.6 Å². The van der Waals surface area contributed by atoms with Crippen molar-refractivity contribution >= 4 is 68.3 Å². The lowest BCUT2D eigenvalue weighted by molar-refractivity contribution is -0.147. The lowest BCUT2D eigenvalue weighted by Crippen LogP contribution is -2.64. The van der Waals surface area contributed by atoms with Crippen LogP contribution in [0.1, 0.15) is 96.5 Å². The highest BCUT2D eigenvalue weighted by Gasteiger charge is 2.50. The number of aromatic hydroxyl groups is 1. The first-order chi connectivity index (χ1) is 46.3. The molecule has 0 radical (unpaired) electrons. The standard InChI is InChI=1S/C61H92N14O20S2/c1-32-28-75-51(52(32)84)56(88)64-27-38(79)22-42(63-24-34-11-16-73(17-12-34)61-71-70-57(96-61)36-25-65-60(66-26-36)72-18-13-41(14-19-72)94-40-6-4-3-5-7-40)53(85)67-48(33(2)78)58(89)74-29-39(80)23-43(74)54(86)68-49(46(83)20-35-8-9-44(81)47(21-35)95-97(91,92)93)55(87)69-50(59(75)90)45(82)10-15-62-37(30-76)31-77/h8-9,21,25-26,32-34,37-43,45-46,48-52,62-63,76-84H,3-7,10-20,22-24,27-31H2,1-2H3,(H,64,88)(H,67,85)(H,68,86)(H,69,87)(H,91,92,93)/t32-,33+,38+,39+,42-,43-,45+,46+,48-,49-,50-,51-,52-/m0/s1. The quantitative estimate of drug-likeness (QED) is 0.0448. The van der Waals surface area contributed by atoms with Gasteiger partial charge in [0.1, 0.15) is 30.2 Å². The number of nitrogens with one attached hydrogen (secondary N) is 6. The van der Waals surface area contributed by atoms with Crippen LogP contribution in [0.4, 0.5) is 11.1 Å². The number of ether oxygens (including phenoxy) is 1. The van der Waals surface area contributed by atoms with Gasteiger partial charge in [-0.15, -0.1) is 10.2 Å². The number of phenolic OH excluding ortho intramolecular Hbond substituents is 1. The summed E-state index contributed by atoms with van der Waals surface area (Å²) in [5.41, 5.74) is 0.629. The van der Waals surface area contributed by atoms with Crippen molar-refractivity contribution < 1.29 is 96.6 Å². The minimum absolute atomic E-state index is 0.0600. The topological polar surface area (TPSA) is 494 Å². The van der Waals surface area contributed by atoms with E-state index in [4.69, 9.17) is 4.74 Å². The highest BCUT2D eigenvalue weighted by atomic mass is 32.3. The molecule has 6 fully saturated rings. The molecule has 0 bridgehead atoms. The molecule has 5 aliphatic heterocycles. The highest BCUT2D eigenvalue weighted by molar-refractivity contribution is 7.81. The summed E-state index contributed by atoms with van der Waals surface area (Å²) in [6, 6.07) is -8.88. The second kappa shape index (κ2) is 33.9. The zero-order chi connectivity index (χ0) is 69.8. The van der Waals surface area contributed by atoms with Crippen LogP contribution in [-0.4, -0.2) is 288 Å². The van der Waals surface area contributed by atoms with Crippen LogP contribution in [0, 0.1) is 11.8 Å². The van der Waals surface area contributed by atoms with Gasteiger partial charge in [0.25, 0.3) is 0 Å². The highest BCUT2D eigenvalue weighted by Crippen LogP contribution is 2.34. The van der Waals surface area contributed by atoms with Gasteiger partial charge in [-0.05, 0) is 95.0 Å². The fourth-order valence-electron chi connectivity index (χ4n) is 13.3. The Morgan fingerprint density at radius 2 is 1.39 bits per heavy atom. The summed E-state index contributed by atoms with van der Waals surface area (Å²) in [4.78, 5) is 104. The van der Waals surface area contributed by atoms with Gasteiger partial charge in [0.05, 0.1) is 74.1 Å². The van der Waals surface area contributed by atoms with Crippen molar-refractivity contribution in [3.63, 3.8) is 0 Å². The van der Waals surface area contributed by atoms with Crippen molar-refractivity contribution in [2.45, 2.75) is 188 Å². The van der Waals surface area contributed by atoms with Crippen LogP contribution in [0.2, 0.25) is 0 Å². The molecule has 0 spiro atoms. The van der Waals surface area contributed by atoms with E-state index >= 15 is 0 Å². The Hall–Kier alpha value is -6.65. The molecule has 97 heavy (non-hydrogen) atoms. The molecule has 1 aliphatic carbocycles. The molecular formula is C61H92N14O20S2. The number of fused-ring (bicyclic) bond motifs is 2. The second-order valence-electron chi connectivity index (χ2n) is 26.2. The SMILES string of the molecule is C[C@@H](O)[C@@H]1NC(=O)[C@@H](NCC2CCN(c3nnc(-c4cnc(N5CCC(OC6CCCCC6)CC5)nc4)s3)CC2)C[C@@H](O)CNC(=O)[C@@H]2[C@@H](O)[C@@H](C)CN2C(=O)[C@H]([C@H](O)CCNC(CO)CO)NC(=O)[C@H]([C@H](O)Cc2ccc(O)c(OS(=O)(=O)O)c2)NC(=O)[C@@H]2C[C@@H](O)CN2C1=O. The van der Waals surface area contributed by atoms with Crippen molar-refractivity contribution in [1.82, 2.24) is 61.9 Å². The molecule has 13 atom stereocenters. The third-order valence-corrected chi connectivity index (χ3v) is 20.3. The number of phenols is 1. The number of hydrogen-bond donors (Lipinski definition) is 16. The lowest BCUT2D eigenvalue weighted by atomic mass is 9.96. The number of β-amino-alcohol motifs (C(OH)–C–C–N with tert-alkyl or cyclic N) is 1. The van der Waals surface area contributed by atoms with E-state index in [0.29, 0.717) is 48.1 Å². The van der Waals surface area contributed by atoms with E-state index in [1.54, 1.807) is 12.4 Å². The molecule has 16 N–H and O–H groups in total. The predicted molar refractivity (Wildman–Crippen MR) is 345 cm³/mol. The normalized spacial score (nSPS) is 27.9. The van der Waals surface area contributed by atoms with Gasteiger partial charge in [-0.2, -0.15) is 8.42 Å². The number of amides is 6. The van der Waals surface area contributed by atoms with Crippen molar-refractivity contribution in [2.24, 2.45) is 11.8 Å². The first-order valence-corrected chi connectivity index (χ1v) is 35.3. The predicted octanol–water partition coefficient (Wildman–Crippen LogP) is -4.44. The summed E-state index contributed by atoms with van der Waals surface area (Å²) >= 11 is 1.40. The number of piperidine rings is 2. The van der Waals surface area contributed by atoms with Crippen LogP contribution in [0.5, 0.6) is 11.5 Å². The molecule has 538 valence electrons. The number of carbonyl (C=O) groups is 6. The molecule has 6 amide bonds. The largest absolute Gasteiger partial charge is 0.504 e. The smallest absolute Gasteiger partial charge is 0.446 e. The molecule has 1 aromatic carbocycles. The van der Waals surface area contributed by atoms with Gasteiger partial charge < -0.3 is 106 Å². The minimum Gasteiger partial charge on any atom is -0.504 e. The Bertz CT molecular complexity index is 3260. The molecule has 6 aliphatic rings. The Kier molecular flexibility index (Phi) is 26.1. The van der Waals surface area contributed by atoms with Crippen LogP contribution >= 0.6 is 11.3 Å². The van der Waals surface area contributed by atoms with Crippen LogP contribution < -0.4 is 45.9 Å². The Labute approximate surface area is 564 Å². The average molecular weight is 1410 g/mol. The Morgan fingerprint density at radius 1 is 0.742 bits per heavy atom. The first kappa shape index (κ1) is 74.6. The van der Waals surface area contributed by atoms with E-state index < -0.39 is 194 Å². The van der Waals surface area contributed by atoms with E-state index in [1.165, 1.54) is 44.4 Å². The van der Waals surface area contributed by atoms with Crippen molar-refractivity contribution in [2.75, 3.05) is 81.9 Å². The summed E-state index contributed by atoms with van der Waals surface area (Å²) in [6.07, 6.45) is 0.838.